The maximum absolute atomic E-state index is 5.84. The Bertz CT molecular complexity index is 238. The van der Waals surface area contributed by atoms with Crippen LogP contribution in [0, 0.1) is 0 Å². The lowest BCUT2D eigenvalue weighted by Gasteiger charge is -2.26. The van der Waals surface area contributed by atoms with E-state index in [1.165, 1.54) is 0 Å². The second-order valence-corrected chi connectivity index (χ2v) is 2.98. The molecule has 1 aliphatic rings. The molecular formula is C7H10Cl2N2O. The molecule has 0 aromatic heterocycles. The van der Waals surface area contributed by atoms with Gasteiger partial charge < -0.3 is 4.74 Å². The van der Waals surface area contributed by atoms with Gasteiger partial charge in [-0.05, 0) is 6.08 Å². The average Bonchev–Trinajstić information content (AvgIpc) is 2.09. The van der Waals surface area contributed by atoms with E-state index in [-0.39, 0.29) is 0 Å². The van der Waals surface area contributed by atoms with Crippen molar-refractivity contribution in [3.05, 3.63) is 22.7 Å². The van der Waals surface area contributed by atoms with E-state index in [0.717, 1.165) is 5.57 Å². The molecule has 0 spiro atoms. The summed E-state index contributed by atoms with van der Waals surface area (Å²) in [6, 6.07) is 0. The summed E-state index contributed by atoms with van der Waals surface area (Å²) in [4.78, 5) is 0. The van der Waals surface area contributed by atoms with Gasteiger partial charge in [0, 0.05) is 12.6 Å². The standard InChI is InChI=1S/C7H10Cl2N2O/c1-11-6(9)3-5(4-8)7(10-11)12-2/h3,10H,4H2,1-2H3. The molecule has 1 rings (SSSR count). The fourth-order valence-electron chi connectivity index (χ4n) is 0.860. The summed E-state index contributed by atoms with van der Waals surface area (Å²) in [5, 5.41) is 2.24. The van der Waals surface area contributed by atoms with E-state index in [2.05, 4.69) is 5.43 Å². The predicted octanol–water partition coefficient (Wildman–Crippen LogP) is 1.61. The van der Waals surface area contributed by atoms with Crippen molar-refractivity contribution in [2.24, 2.45) is 0 Å². The Kier molecular flexibility index (Phi) is 3.12. The normalized spacial score (nSPS) is 17.3. The highest BCUT2D eigenvalue weighted by molar-refractivity contribution is 6.29. The Labute approximate surface area is 81.5 Å². The number of allylic oxidation sites excluding steroid dienone is 2. The fourth-order valence-corrected chi connectivity index (χ4v) is 1.23. The number of hydrogen-bond acceptors (Lipinski definition) is 3. The molecule has 5 heteroatoms. The molecule has 1 N–H and O–H groups in total. The summed E-state index contributed by atoms with van der Waals surface area (Å²) >= 11 is 11.5. The van der Waals surface area contributed by atoms with E-state index >= 15 is 0 Å². The van der Waals surface area contributed by atoms with E-state index in [1.54, 1.807) is 25.2 Å². The first-order chi connectivity index (χ1) is 5.69. The molecule has 3 nitrogen and oxygen atoms in total. The molecule has 0 atom stereocenters. The lowest BCUT2D eigenvalue weighted by Crippen LogP contribution is -2.35. The molecule has 1 aliphatic heterocycles. The third kappa shape index (κ3) is 1.79. The Morgan fingerprint density at radius 3 is 2.83 bits per heavy atom. The maximum Gasteiger partial charge on any atom is 0.210 e. The smallest absolute Gasteiger partial charge is 0.210 e. The number of methoxy groups -OCH3 is 1. The highest BCUT2D eigenvalue weighted by Gasteiger charge is 2.14. The number of hydrogen-bond donors (Lipinski definition) is 1. The zero-order chi connectivity index (χ0) is 9.14. The van der Waals surface area contributed by atoms with Crippen LogP contribution in [0.3, 0.4) is 0 Å². The van der Waals surface area contributed by atoms with Gasteiger partial charge in [-0.25, -0.2) is 0 Å². The van der Waals surface area contributed by atoms with Gasteiger partial charge in [0.05, 0.1) is 13.0 Å². The van der Waals surface area contributed by atoms with Crippen molar-refractivity contribution in [3.8, 4) is 0 Å². The second-order valence-electron chi connectivity index (χ2n) is 2.33. The Morgan fingerprint density at radius 1 is 1.67 bits per heavy atom. The van der Waals surface area contributed by atoms with E-state index in [0.29, 0.717) is 16.9 Å². The first-order valence-electron chi connectivity index (χ1n) is 3.39. The number of nitrogens with zero attached hydrogens (tertiary/aromatic N) is 1. The van der Waals surface area contributed by atoms with Crippen LogP contribution >= 0.6 is 23.2 Å². The summed E-state index contributed by atoms with van der Waals surface area (Å²) in [6.45, 7) is 0. The molecule has 0 amide bonds. The van der Waals surface area contributed by atoms with Gasteiger partial charge in [-0.2, -0.15) is 0 Å². The molecule has 0 aromatic carbocycles. The Balaban J connectivity index is 2.90. The minimum absolute atomic E-state index is 0.375. The van der Waals surface area contributed by atoms with Crippen LogP contribution in [-0.2, 0) is 4.74 Å². The largest absolute Gasteiger partial charge is 0.481 e. The molecule has 0 saturated heterocycles. The van der Waals surface area contributed by atoms with Crippen LogP contribution in [0.2, 0.25) is 0 Å². The summed E-state index contributed by atoms with van der Waals surface area (Å²) in [5.41, 5.74) is 3.77. The third-order valence-corrected chi connectivity index (χ3v) is 2.17. The van der Waals surface area contributed by atoms with E-state index in [1.807, 2.05) is 0 Å². The van der Waals surface area contributed by atoms with Gasteiger partial charge in [-0.1, -0.05) is 11.6 Å². The molecule has 1 heterocycles. The molecule has 0 fully saturated rings. The zero-order valence-corrected chi connectivity index (χ0v) is 8.41. The SMILES string of the molecule is COC1=C(CCl)C=C(Cl)N(C)N1. The fraction of sp³-hybridized carbons (Fsp3) is 0.429. The molecule has 0 bridgehead atoms. The number of hydrazine groups is 1. The first-order valence-corrected chi connectivity index (χ1v) is 4.31. The van der Waals surface area contributed by atoms with Crippen molar-refractivity contribution < 1.29 is 4.74 Å². The molecule has 0 aliphatic carbocycles. The molecule has 0 unspecified atom stereocenters. The van der Waals surface area contributed by atoms with Crippen LogP contribution in [-0.4, -0.2) is 25.0 Å². The van der Waals surface area contributed by atoms with Crippen molar-refractivity contribution in [1.29, 1.82) is 0 Å². The number of nitrogens with one attached hydrogen (secondary N) is 1. The number of alkyl halides is 1. The van der Waals surface area contributed by atoms with Gasteiger partial charge >= 0.3 is 0 Å². The van der Waals surface area contributed by atoms with E-state index in [4.69, 9.17) is 27.9 Å². The van der Waals surface area contributed by atoms with Gasteiger partial charge in [0.25, 0.3) is 0 Å². The lowest BCUT2D eigenvalue weighted by atomic mass is 10.3. The van der Waals surface area contributed by atoms with Crippen LogP contribution in [0.25, 0.3) is 0 Å². The molecule has 0 saturated carbocycles. The number of rotatable bonds is 2. The minimum atomic E-state index is 0.375. The van der Waals surface area contributed by atoms with Crippen molar-refractivity contribution in [3.63, 3.8) is 0 Å². The number of ether oxygens (including phenoxy) is 1. The van der Waals surface area contributed by atoms with E-state index in [9.17, 15) is 0 Å². The van der Waals surface area contributed by atoms with Crippen molar-refractivity contribution >= 4 is 23.2 Å². The maximum atomic E-state index is 5.84. The molecule has 0 aromatic rings. The van der Waals surface area contributed by atoms with Gasteiger partial charge in [-0.3, -0.25) is 10.4 Å². The zero-order valence-electron chi connectivity index (χ0n) is 6.90. The average molecular weight is 209 g/mol. The summed E-state index contributed by atoms with van der Waals surface area (Å²) in [7, 11) is 3.37. The Hall–Kier alpha value is -0.540. The predicted molar refractivity (Wildman–Crippen MR) is 49.6 cm³/mol. The quantitative estimate of drug-likeness (QED) is 0.552. The van der Waals surface area contributed by atoms with Gasteiger partial charge in [0.15, 0.2) is 0 Å². The molecule has 0 radical (unpaired) electrons. The first kappa shape index (κ1) is 9.55. The van der Waals surface area contributed by atoms with Crippen LogP contribution in [0.15, 0.2) is 22.7 Å². The molecule has 68 valence electrons. The van der Waals surface area contributed by atoms with Crippen molar-refractivity contribution in [1.82, 2.24) is 10.4 Å². The topological polar surface area (TPSA) is 24.5 Å². The summed E-state index contributed by atoms with van der Waals surface area (Å²) < 4.78 is 5.05. The summed E-state index contributed by atoms with van der Waals surface area (Å²) in [5.74, 6) is 1.01. The van der Waals surface area contributed by atoms with Gasteiger partial charge in [-0.15, -0.1) is 11.6 Å². The van der Waals surface area contributed by atoms with Crippen LogP contribution in [0.4, 0.5) is 0 Å². The monoisotopic (exact) mass is 208 g/mol. The van der Waals surface area contributed by atoms with Gasteiger partial charge in [0.1, 0.15) is 5.16 Å². The van der Waals surface area contributed by atoms with Crippen LogP contribution in [0.1, 0.15) is 0 Å². The van der Waals surface area contributed by atoms with E-state index < -0.39 is 0 Å². The Morgan fingerprint density at radius 2 is 2.33 bits per heavy atom. The van der Waals surface area contributed by atoms with Crippen LogP contribution in [0.5, 0.6) is 0 Å². The minimum Gasteiger partial charge on any atom is -0.481 e. The lowest BCUT2D eigenvalue weighted by molar-refractivity contribution is 0.190. The number of halogens is 2. The van der Waals surface area contributed by atoms with Crippen molar-refractivity contribution in [2.75, 3.05) is 20.0 Å². The van der Waals surface area contributed by atoms with Gasteiger partial charge in [0.2, 0.25) is 5.88 Å². The highest BCUT2D eigenvalue weighted by Crippen LogP contribution is 2.19. The third-order valence-electron chi connectivity index (χ3n) is 1.52. The second kappa shape index (κ2) is 3.92. The molecular weight excluding hydrogens is 199 g/mol. The molecule has 12 heavy (non-hydrogen) atoms. The highest BCUT2D eigenvalue weighted by atomic mass is 35.5. The summed E-state index contributed by atoms with van der Waals surface area (Å²) in [6.07, 6.45) is 1.77. The van der Waals surface area contributed by atoms with Crippen molar-refractivity contribution in [2.45, 2.75) is 0 Å². The van der Waals surface area contributed by atoms with Crippen LogP contribution < -0.4 is 5.43 Å².